The summed E-state index contributed by atoms with van der Waals surface area (Å²) in [6.07, 6.45) is 3.71. The highest BCUT2D eigenvalue weighted by molar-refractivity contribution is 5.76. The van der Waals surface area contributed by atoms with Crippen LogP contribution in [0.5, 0.6) is 0 Å². The molecule has 9 heteroatoms. The van der Waals surface area contributed by atoms with E-state index in [1.165, 1.54) is 0 Å². The fourth-order valence-corrected chi connectivity index (χ4v) is 6.46. The van der Waals surface area contributed by atoms with Gasteiger partial charge < -0.3 is 24.1 Å². The molecule has 1 saturated heterocycles. The minimum absolute atomic E-state index is 0.0172. The van der Waals surface area contributed by atoms with Gasteiger partial charge in [-0.25, -0.2) is 4.79 Å². The third-order valence-electron chi connectivity index (χ3n) is 6.89. The molecule has 5 aliphatic rings. The monoisotopic (exact) mass is 446 g/mol. The van der Waals surface area contributed by atoms with Crippen molar-refractivity contribution in [1.82, 2.24) is 0 Å². The summed E-state index contributed by atoms with van der Waals surface area (Å²) >= 11 is 0. The van der Waals surface area contributed by atoms with Crippen LogP contribution in [0.25, 0.3) is 0 Å². The number of alkyl halides is 2. The lowest BCUT2D eigenvalue weighted by molar-refractivity contribution is -0.306. The fourth-order valence-electron chi connectivity index (χ4n) is 6.46. The molecule has 4 saturated carbocycles. The van der Waals surface area contributed by atoms with Crippen molar-refractivity contribution in [3.63, 3.8) is 0 Å². The van der Waals surface area contributed by atoms with Crippen LogP contribution in [0.4, 0.5) is 8.78 Å². The third kappa shape index (κ3) is 5.20. The maximum Gasteiger partial charge on any atom is 0.376 e. The van der Waals surface area contributed by atoms with Crippen LogP contribution in [-0.2, 0) is 28.5 Å². The van der Waals surface area contributed by atoms with Crippen LogP contribution in [0, 0.1) is 11.8 Å². The second kappa shape index (κ2) is 7.63. The summed E-state index contributed by atoms with van der Waals surface area (Å²) in [5, 5.41) is 10.8. The van der Waals surface area contributed by atoms with E-state index in [1.54, 1.807) is 13.8 Å². The van der Waals surface area contributed by atoms with Crippen molar-refractivity contribution in [2.24, 2.45) is 11.8 Å². The minimum Gasteiger partial charge on any atom is -0.459 e. The van der Waals surface area contributed by atoms with E-state index in [0.717, 1.165) is 32.1 Å². The molecular formula is C22H32F2O7. The van der Waals surface area contributed by atoms with Gasteiger partial charge in [0.25, 0.3) is 0 Å². The molecule has 0 spiro atoms. The van der Waals surface area contributed by atoms with Crippen LogP contribution >= 0.6 is 0 Å². The summed E-state index contributed by atoms with van der Waals surface area (Å²) in [5.74, 6) is -5.86. The first kappa shape index (κ1) is 22.9. The Kier molecular flexibility index (Phi) is 5.62. The molecule has 31 heavy (non-hydrogen) atoms. The molecule has 4 atom stereocenters. The molecule has 7 nitrogen and oxygen atoms in total. The number of carbonyl (C=O) groups is 2. The number of ether oxygens (including phenoxy) is 4. The number of hydrogen-bond acceptors (Lipinski definition) is 7. The standard InChI is InChI=1S/C22H32F2O7/c1-19(2)29-15(5-16(30-19)11-28-18(26)20(3,23)24)6-17(25)31-22-9-13-4-14(10-22)8-21(27,7-13)12-22/h13-16,27H,4-12H2,1-3H3. The smallest absolute Gasteiger partial charge is 0.376 e. The quantitative estimate of drug-likeness (QED) is 0.627. The second-order valence-corrected chi connectivity index (χ2v) is 10.6. The number of carbonyl (C=O) groups excluding carboxylic acids is 2. The molecule has 5 fully saturated rings. The van der Waals surface area contributed by atoms with Crippen LogP contribution in [0.15, 0.2) is 0 Å². The van der Waals surface area contributed by atoms with Crippen molar-refractivity contribution >= 4 is 11.9 Å². The fraction of sp³-hybridized carbons (Fsp3) is 0.909. The van der Waals surface area contributed by atoms with Crippen LogP contribution in [0.1, 0.15) is 72.1 Å². The van der Waals surface area contributed by atoms with E-state index in [1.807, 2.05) is 0 Å². The summed E-state index contributed by atoms with van der Waals surface area (Å²) < 4.78 is 48.2. The highest BCUT2D eigenvalue weighted by Gasteiger charge is 2.59. The van der Waals surface area contributed by atoms with Crippen LogP contribution < -0.4 is 0 Å². The van der Waals surface area contributed by atoms with Gasteiger partial charge in [0.1, 0.15) is 12.2 Å². The lowest BCUT2D eigenvalue weighted by atomic mass is 9.52. The van der Waals surface area contributed by atoms with Crippen molar-refractivity contribution < 1.29 is 42.4 Å². The van der Waals surface area contributed by atoms with Gasteiger partial charge in [0, 0.05) is 19.8 Å². The average molecular weight is 446 g/mol. The highest BCUT2D eigenvalue weighted by Crippen LogP contribution is 2.59. The predicted molar refractivity (Wildman–Crippen MR) is 103 cm³/mol. The zero-order valence-electron chi connectivity index (χ0n) is 18.3. The van der Waals surface area contributed by atoms with E-state index in [9.17, 15) is 23.5 Å². The van der Waals surface area contributed by atoms with Crippen LogP contribution in [-0.4, -0.2) is 58.8 Å². The van der Waals surface area contributed by atoms with Crippen molar-refractivity contribution in [2.45, 2.75) is 107 Å². The Morgan fingerprint density at radius 3 is 2.26 bits per heavy atom. The number of halogens is 2. The Hall–Kier alpha value is -1.32. The first-order valence-electron chi connectivity index (χ1n) is 11.1. The molecule has 4 aliphatic carbocycles. The normalized spacial score (nSPS) is 41.1. The van der Waals surface area contributed by atoms with Crippen molar-refractivity contribution in [3.05, 3.63) is 0 Å². The summed E-state index contributed by atoms with van der Waals surface area (Å²) in [6.45, 7) is 3.44. The molecule has 0 aromatic carbocycles. The Bertz CT molecular complexity index is 718. The van der Waals surface area contributed by atoms with E-state index in [0.29, 0.717) is 25.2 Å². The molecule has 0 aromatic rings. The van der Waals surface area contributed by atoms with E-state index >= 15 is 0 Å². The van der Waals surface area contributed by atoms with Gasteiger partial charge in [0.05, 0.1) is 24.2 Å². The molecule has 1 aliphatic heterocycles. The number of hydrogen-bond donors (Lipinski definition) is 1. The molecule has 4 bridgehead atoms. The lowest BCUT2D eigenvalue weighted by Crippen LogP contribution is -2.60. The largest absolute Gasteiger partial charge is 0.459 e. The van der Waals surface area contributed by atoms with Crippen molar-refractivity contribution in [2.75, 3.05) is 6.61 Å². The Balaban J connectivity index is 1.34. The molecule has 1 N–H and O–H groups in total. The number of esters is 2. The van der Waals surface area contributed by atoms with Gasteiger partial charge in [-0.05, 0) is 57.8 Å². The van der Waals surface area contributed by atoms with Crippen molar-refractivity contribution in [1.29, 1.82) is 0 Å². The number of aliphatic hydroxyl groups is 1. The zero-order chi connectivity index (χ0) is 22.7. The molecule has 5 rings (SSSR count). The molecule has 4 unspecified atom stereocenters. The first-order valence-corrected chi connectivity index (χ1v) is 11.1. The Morgan fingerprint density at radius 1 is 1.06 bits per heavy atom. The topological polar surface area (TPSA) is 91.3 Å². The highest BCUT2D eigenvalue weighted by atomic mass is 19.3. The maximum absolute atomic E-state index is 13.0. The van der Waals surface area contributed by atoms with E-state index in [2.05, 4.69) is 4.74 Å². The van der Waals surface area contributed by atoms with E-state index in [4.69, 9.17) is 14.2 Å². The third-order valence-corrected chi connectivity index (χ3v) is 6.89. The zero-order valence-corrected chi connectivity index (χ0v) is 18.3. The predicted octanol–water partition coefficient (Wildman–Crippen LogP) is 3.11. The summed E-state index contributed by atoms with van der Waals surface area (Å²) in [5.41, 5.74) is -1.32. The maximum atomic E-state index is 13.0. The van der Waals surface area contributed by atoms with Gasteiger partial charge in [-0.2, -0.15) is 8.78 Å². The summed E-state index contributed by atoms with van der Waals surface area (Å²) in [4.78, 5) is 24.2. The van der Waals surface area contributed by atoms with Gasteiger partial charge in [-0.3, -0.25) is 4.79 Å². The van der Waals surface area contributed by atoms with Crippen LogP contribution in [0.3, 0.4) is 0 Å². The Morgan fingerprint density at radius 2 is 1.68 bits per heavy atom. The molecule has 1 heterocycles. The number of rotatable bonds is 6. The molecule has 176 valence electrons. The van der Waals surface area contributed by atoms with Gasteiger partial charge >= 0.3 is 17.9 Å². The molecule has 0 aromatic heterocycles. The van der Waals surface area contributed by atoms with Crippen molar-refractivity contribution in [3.8, 4) is 0 Å². The van der Waals surface area contributed by atoms with Gasteiger partial charge in [-0.15, -0.1) is 0 Å². The van der Waals surface area contributed by atoms with E-state index in [-0.39, 0.29) is 19.4 Å². The molecule has 0 radical (unpaired) electrons. The van der Waals surface area contributed by atoms with Gasteiger partial charge in [0.2, 0.25) is 0 Å². The summed E-state index contributed by atoms with van der Waals surface area (Å²) in [6, 6.07) is 0. The van der Waals surface area contributed by atoms with Gasteiger partial charge in [0.15, 0.2) is 5.79 Å². The SMILES string of the molecule is CC1(C)OC(COC(=O)C(C)(F)F)CC(CC(=O)OC23CC4CC(CC(O)(C4)C2)C3)O1. The molecule has 0 amide bonds. The summed E-state index contributed by atoms with van der Waals surface area (Å²) in [7, 11) is 0. The second-order valence-electron chi connectivity index (χ2n) is 10.6. The van der Waals surface area contributed by atoms with E-state index < -0.39 is 47.1 Å². The lowest BCUT2D eigenvalue weighted by Gasteiger charge is -2.59. The minimum atomic E-state index is -3.58. The first-order chi connectivity index (χ1) is 14.2. The Labute approximate surface area is 180 Å². The van der Waals surface area contributed by atoms with Gasteiger partial charge in [-0.1, -0.05) is 0 Å². The molecular weight excluding hydrogens is 414 g/mol. The van der Waals surface area contributed by atoms with Crippen LogP contribution in [0.2, 0.25) is 0 Å². The average Bonchev–Trinajstić information content (AvgIpc) is 2.54.